The number of terminal acetylenes is 1. The molecule has 6 nitrogen and oxygen atoms in total. The van der Waals surface area contributed by atoms with Gasteiger partial charge in [0.05, 0.1) is 21.7 Å². The molecule has 1 amide bonds. The molecule has 31 heavy (non-hydrogen) atoms. The number of rotatable bonds is 4. The molecule has 160 valence electrons. The van der Waals surface area contributed by atoms with Gasteiger partial charge in [0.25, 0.3) is 5.91 Å². The van der Waals surface area contributed by atoms with Crippen molar-refractivity contribution in [2.24, 2.45) is 4.99 Å². The second-order valence-electron chi connectivity index (χ2n) is 7.32. The minimum absolute atomic E-state index is 0.187. The van der Waals surface area contributed by atoms with Crippen LogP contribution in [-0.2, 0) is 21.4 Å². The minimum Gasteiger partial charge on any atom is -0.305 e. The van der Waals surface area contributed by atoms with Crippen molar-refractivity contribution in [2.75, 3.05) is 6.54 Å². The van der Waals surface area contributed by atoms with Gasteiger partial charge < -0.3 is 4.57 Å². The molecule has 1 aromatic heterocycles. The van der Waals surface area contributed by atoms with Crippen molar-refractivity contribution in [1.82, 2.24) is 8.87 Å². The average molecular weight is 518 g/mol. The van der Waals surface area contributed by atoms with Crippen LogP contribution in [0, 0.1) is 19.3 Å². The fraction of sp³-hybridized carbons (Fsp3) is 0.273. The maximum atomic E-state index is 13.2. The predicted octanol–water partition coefficient (Wildman–Crippen LogP) is 3.69. The van der Waals surface area contributed by atoms with Crippen molar-refractivity contribution in [3.05, 3.63) is 57.3 Å². The number of halogens is 1. The fourth-order valence-corrected chi connectivity index (χ4v) is 6.90. The Balaban J connectivity index is 1.72. The molecule has 1 aliphatic heterocycles. The van der Waals surface area contributed by atoms with Crippen LogP contribution in [-0.4, -0.2) is 35.8 Å². The van der Waals surface area contributed by atoms with Crippen molar-refractivity contribution in [2.45, 2.75) is 37.2 Å². The average Bonchev–Trinajstić information content (AvgIpc) is 3.34. The molecule has 0 saturated carbocycles. The van der Waals surface area contributed by atoms with Gasteiger partial charge in [0.15, 0.2) is 4.80 Å². The number of hydrogen-bond donors (Lipinski definition) is 0. The normalized spacial score (nSPS) is 17.8. The van der Waals surface area contributed by atoms with E-state index in [4.69, 9.17) is 6.42 Å². The monoisotopic (exact) mass is 517 g/mol. The summed E-state index contributed by atoms with van der Waals surface area (Å²) >= 11 is 4.81. The SMILES string of the molecule is C#CCn1c(=NC(=O)C2CCCN2S(=O)(=O)c2ccc(C)cc2)sc2cc(Br)ccc21. The van der Waals surface area contributed by atoms with Crippen LogP contribution in [0.25, 0.3) is 10.2 Å². The lowest BCUT2D eigenvalue weighted by Gasteiger charge is -2.21. The summed E-state index contributed by atoms with van der Waals surface area (Å²) in [5, 5.41) is 0. The third kappa shape index (κ3) is 4.26. The quantitative estimate of drug-likeness (QED) is 0.495. The van der Waals surface area contributed by atoms with E-state index in [1.54, 1.807) is 28.8 Å². The smallest absolute Gasteiger partial charge is 0.266 e. The molecule has 0 N–H and O–H groups in total. The molecule has 2 aromatic carbocycles. The Kier molecular flexibility index (Phi) is 6.17. The summed E-state index contributed by atoms with van der Waals surface area (Å²) in [7, 11) is -3.78. The predicted molar refractivity (Wildman–Crippen MR) is 125 cm³/mol. The van der Waals surface area contributed by atoms with Gasteiger partial charge in [-0.3, -0.25) is 4.79 Å². The highest BCUT2D eigenvalue weighted by molar-refractivity contribution is 9.10. The van der Waals surface area contributed by atoms with Gasteiger partial charge in [0.2, 0.25) is 10.0 Å². The Bertz CT molecular complexity index is 1370. The van der Waals surface area contributed by atoms with Crippen molar-refractivity contribution in [3.8, 4) is 12.3 Å². The standard InChI is InChI=1S/C22H20BrN3O3S2/c1-3-12-25-18-11-8-16(23)14-20(18)30-22(25)24-21(27)19-5-4-13-26(19)31(28,29)17-9-6-15(2)7-10-17/h1,6-11,14,19H,4-5,12-13H2,2H3. The van der Waals surface area contributed by atoms with Crippen molar-refractivity contribution >= 4 is 53.4 Å². The highest BCUT2D eigenvalue weighted by Gasteiger charge is 2.39. The minimum atomic E-state index is -3.78. The molecule has 9 heteroatoms. The van der Waals surface area contributed by atoms with Crippen molar-refractivity contribution in [1.29, 1.82) is 0 Å². The van der Waals surface area contributed by atoms with Crippen LogP contribution in [0.5, 0.6) is 0 Å². The first kappa shape index (κ1) is 22.0. The molecular weight excluding hydrogens is 498 g/mol. The Hall–Kier alpha value is -2.25. The van der Waals surface area contributed by atoms with E-state index in [-0.39, 0.29) is 11.4 Å². The Labute approximate surface area is 193 Å². The molecule has 1 atom stereocenters. The van der Waals surface area contributed by atoms with Crippen LogP contribution in [0.4, 0.5) is 0 Å². The molecule has 3 aromatic rings. The van der Waals surface area contributed by atoms with Crippen LogP contribution < -0.4 is 4.80 Å². The van der Waals surface area contributed by atoms with Crippen LogP contribution in [0.1, 0.15) is 18.4 Å². The van der Waals surface area contributed by atoms with E-state index in [0.29, 0.717) is 24.2 Å². The number of nitrogens with zero attached hydrogens (tertiary/aromatic N) is 3. The van der Waals surface area contributed by atoms with E-state index < -0.39 is 22.0 Å². The second-order valence-corrected chi connectivity index (χ2v) is 11.1. The van der Waals surface area contributed by atoms with Gasteiger partial charge in [-0.2, -0.15) is 9.30 Å². The topological polar surface area (TPSA) is 71.7 Å². The molecule has 0 bridgehead atoms. The van der Waals surface area contributed by atoms with Crippen LogP contribution >= 0.6 is 27.3 Å². The summed E-state index contributed by atoms with van der Waals surface area (Å²) in [5.41, 5.74) is 1.85. The van der Waals surface area contributed by atoms with E-state index in [0.717, 1.165) is 20.3 Å². The van der Waals surface area contributed by atoms with Gasteiger partial charge in [0.1, 0.15) is 6.04 Å². The fourth-order valence-electron chi connectivity index (χ4n) is 3.67. The van der Waals surface area contributed by atoms with Gasteiger partial charge in [-0.05, 0) is 50.1 Å². The molecule has 0 radical (unpaired) electrons. The first-order valence-corrected chi connectivity index (χ1v) is 12.8. The van der Waals surface area contributed by atoms with E-state index in [9.17, 15) is 13.2 Å². The van der Waals surface area contributed by atoms with E-state index >= 15 is 0 Å². The molecule has 1 aliphatic rings. The summed E-state index contributed by atoms with van der Waals surface area (Å²) in [6, 6.07) is 11.6. The van der Waals surface area contributed by atoms with Gasteiger partial charge in [-0.15, -0.1) is 6.42 Å². The molecule has 1 fully saturated rings. The summed E-state index contributed by atoms with van der Waals surface area (Å²) in [6.07, 6.45) is 6.58. The first-order chi connectivity index (χ1) is 14.8. The van der Waals surface area contributed by atoms with Gasteiger partial charge >= 0.3 is 0 Å². The number of benzene rings is 2. The van der Waals surface area contributed by atoms with Crippen LogP contribution in [0.3, 0.4) is 0 Å². The van der Waals surface area contributed by atoms with E-state index in [1.165, 1.54) is 15.6 Å². The molecule has 4 rings (SSSR count). The maximum absolute atomic E-state index is 13.2. The molecule has 0 aliphatic carbocycles. The zero-order valence-electron chi connectivity index (χ0n) is 16.8. The summed E-state index contributed by atoms with van der Waals surface area (Å²) in [6.45, 7) is 2.46. The first-order valence-electron chi connectivity index (χ1n) is 9.71. The van der Waals surface area contributed by atoms with Gasteiger partial charge in [-0.25, -0.2) is 8.42 Å². The van der Waals surface area contributed by atoms with Gasteiger partial charge in [0, 0.05) is 11.0 Å². The molecule has 2 heterocycles. The summed E-state index contributed by atoms with van der Waals surface area (Å²) in [4.78, 5) is 18.1. The molecule has 0 spiro atoms. The number of fused-ring (bicyclic) bond motifs is 1. The number of sulfonamides is 1. The van der Waals surface area contributed by atoms with E-state index in [1.807, 2.05) is 25.1 Å². The van der Waals surface area contributed by atoms with Crippen LogP contribution in [0.15, 0.2) is 56.8 Å². The number of amides is 1. The number of carbonyl (C=O) groups is 1. The number of aryl methyl sites for hydroxylation is 1. The molecule has 1 unspecified atom stereocenters. The lowest BCUT2D eigenvalue weighted by Crippen LogP contribution is -2.40. The number of carbonyl (C=O) groups excluding carboxylic acids is 1. The van der Waals surface area contributed by atoms with Crippen LogP contribution in [0.2, 0.25) is 0 Å². The maximum Gasteiger partial charge on any atom is 0.266 e. The largest absolute Gasteiger partial charge is 0.305 e. The second kappa shape index (κ2) is 8.71. The summed E-state index contributed by atoms with van der Waals surface area (Å²) in [5.74, 6) is 2.13. The third-order valence-electron chi connectivity index (χ3n) is 5.22. The molecule has 1 saturated heterocycles. The highest BCUT2D eigenvalue weighted by atomic mass is 79.9. The van der Waals surface area contributed by atoms with Gasteiger partial charge in [-0.1, -0.05) is 50.9 Å². The Morgan fingerprint density at radius 1 is 1.29 bits per heavy atom. The van der Waals surface area contributed by atoms with Crippen molar-refractivity contribution < 1.29 is 13.2 Å². The third-order valence-corrected chi connectivity index (χ3v) is 8.67. The van der Waals surface area contributed by atoms with E-state index in [2.05, 4.69) is 26.8 Å². The number of hydrogen-bond acceptors (Lipinski definition) is 4. The lowest BCUT2D eigenvalue weighted by atomic mass is 10.2. The number of thiazole rings is 1. The van der Waals surface area contributed by atoms with Crippen molar-refractivity contribution in [3.63, 3.8) is 0 Å². The Morgan fingerprint density at radius 3 is 2.74 bits per heavy atom. The Morgan fingerprint density at radius 2 is 2.03 bits per heavy atom. The zero-order valence-corrected chi connectivity index (χ0v) is 20.0. The number of aromatic nitrogens is 1. The molecular formula is C22H20BrN3O3S2. The lowest BCUT2D eigenvalue weighted by molar-refractivity contribution is -0.121. The highest BCUT2D eigenvalue weighted by Crippen LogP contribution is 2.27. The zero-order chi connectivity index (χ0) is 22.2. The summed E-state index contributed by atoms with van der Waals surface area (Å²) < 4.78 is 31.2.